The summed E-state index contributed by atoms with van der Waals surface area (Å²) in [5.74, 6) is -1.00. The molecule has 6 nitrogen and oxygen atoms in total. The van der Waals surface area contributed by atoms with Crippen LogP contribution in [-0.4, -0.2) is 27.6 Å². The van der Waals surface area contributed by atoms with Crippen molar-refractivity contribution in [2.24, 2.45) is 5.92 Å². The van der Waals surface area contributed by atoms with E-state index in [2.05, 4.69) is 15.6 Å². The number of hydrogen-bond acceptors (Lipinski definition) is 3. The maximum Gasteiger partial charge on any atom is 0.329 e. The van der Waals surface area contributed by atoms with E-state index in [1.807, 2.05) is 0 Å². The standard InChI is InChI=1S/C13H17N3O3/c1-8-10(4-3-7-14-8)15-12(19)16-13(2,11(17)18)9-5-6-9/h3-4,7,9H,5-6H2,1-2H3,(H,17,18)(H2,15,16,19). The second-order valence-corrected chi connectivity index (χ2v) is 5.00. The first-order valence-electron chi connectivity index (χ1n) is 6.17. The maximum atomic E-state index is 11.9. The van der Waals surface area contributed by atoms with Gasteiger partial charge in [0.25, 0.3) is 0 Å². The summed E-state index contributed by atoms with van der Waals surface area (Å²) in [5, 5.41) is 14.4. The van der Waals surface area contributed by atoms with Gasteiger partial charge in [0.05, 0.1) is 11.4 Å². The minimum atomic E-state index is -1.21. The Morgan fingerprint density at radius 1 is 1.47 bits per heavy atom. The monoisotopic (exact) mass is 263 g/mol. The predicted octanol–water partition coefficient (Wildman–Crippen LogP) is 1.76. The Balaban J connectivity index is 2.05. The number of amides is 2. The summed E-state index contributed by atoms with van der Waals surface area (Å²) >= 11 is 0. The number of aromatic nitrogens is 1. The lowest BCUT2D eigenvalue weighted by atomic mass is 9.96. The van der Waals surface area contributed by atoms with Crippen molar-refractivity contribution in [1.82, 2.24) is 10.3 Å². The highest BCUT2D eigenvalue weighted by atomic mass is 16.4. The highest BCUT2D eigenvalue weighted by Crippen LogP contribution is 2.39. The van der Waals surface area contributed by atoms with Crippen LogP contribution in [0.3, 0.4) is 0 Å². The van der Waals surface area contributed by atoms with Crippen LogP contribution in [0.4, 0.5) is 10.5 Å². The molecule has 0 aliphatic heterocycles. The molecule has 102 valence electrons. The number of carbonyl (C=O) groups excluding carboxylic acids is 1. The molecule has 2 rings (SSSR count). The molecule has 19 heavy (non-hydrogen) atoms. The lowest BCUT2D eigenvalue weighted by Gasteiger charge is -2.26. The van der Waals surface area contributed by atoms with E-state index in [9.17, 15) is 14.7 Å². The van der Waals surface area contributed by atoms with Crippen LogP contribution in [0.25, 0.3) is 0 Å². The van der Waals surface area contributed by atoms with Gasteiger partial charge in [0.1, 0.15) is 5.54 Å². The van der Waals surface area contributed by atoms with Crippen molar-refractivity contribution in [2.45, 2.75) is 32.2 Å². The van der Waals surface area contributed by atoms with Crippen molar-refractivity contribution in [2.75, 3.05) is 5.32 Å². The average Bonchev–Trinajstić information content (AvgIpc) is 3.16. The molecule has 1 fully saturated rings. The van der Waals surface area contributed by atoms with Crippen LogP contribution in [-0.2, 0) is 4.79 Å². The second kappa shape index (κ2) is 4.87. The summed E-state index contributed by atoms with van der Waals surface area (Å²) in [5.41, 5.74) is 0.0462. The third-order valence-electron chi connectivity index (χ3n) is 3.47. The van der Waals surface area contributed by atoms with Gasteiger partial charge >= 0.3 is 12.0 Å². The fourth-order valence-corrected chi connectivity index (χ4v) is 2.00. The van der Waals surface area contributed by atoms with Crippen LogP contribution in [0.2, 0.25) is 0 Å². The topological polar surface area (TPSA) is 91.3 Å². The van der Waals surface area contributed by atoms with E-state index in [0.29, 0.717) is 11.4 Å². The number of carbonyl (C=O) groups is 2. The van der Waals surface area contributed by atoms with Gasteiger partial charge in [-0.25, -0.2) is 9.59 Å². The lowest BCUT2D eigenvalue weighted by molar-refractivity contribution is -0.144. The molecule has 1 aliphatic rings. The molecule has 1 aromatic heterocycles. The van der Waals surface area contributed by atoms with Crippen LogP contribution in [0, 0.1) is 12.8 Å². The van der Waals surface area contributed by atoms with Gasteiger partial charge in [0, 0.05) is 6.20 Å². The molecule has 1 aromatic rings. The van der Waals surface area contributed by atoms with Crippen LogP contribution in [0.5, 0.6) is 0 Å². The smallest absolute Gasteiger partial charge is 0.329 e. The van der Waals surface area contributed by atoms with Crippen molar-refractivity contribution in [3.8, 4) is 0 Å². The quantitative estimate of drug-likeness (QED) is 0.772. The molecule has 1 saturated carbocycles. The van der Waals surface area contributed by atoms with E-state index in [0.717, 1.165) is 12.8 Å². The Hall–Kier alpha value is -2.11. The number of carboxylic acid groups (broad SMARTS) is 1. The van der Waals surface area contributed by atoms with Gasteiger partial charge in [-0.3, -0.25) is 4.98 Å². The van der Waals surface area contributed by atoms with Crippen molar-refractivity contribution < 1.29 is 14.7 Å². The number of nitrogens with zero attached hydrogens (tertiary/aromatic N) is 1. The lowest BCUT2D eigenvalue weighted by Crippen LogP contribution is -2.55. The minimum Gasteiger partial charge on any atom is -0.480 e. The van der Waals surface area contributed by atoms with Gasteiger partial charge in [-0.2, -0.15) is 0 Å². The van der Waals surface area contributed by atoms with Gasteiger partial charge in [0.2, 0.25) is 0 Å². The normalized spacial score (nSPS) is 17.4. The van der Waals surface area contributed by atoms with Gasteiger partial charge in [-0.05, 0) is 44.7 Å². The molecule has 2 amide bonds. The number of nitrogens with one attached hydrogen (secondary N) is 2. The molecule has 0 spiro atoms. The van der Waals surface area contributed by atoms with Crippen LogP contribution >= 0.6 is 0 Å². The Morgan fingerprint density at radius 3 is 2.68 bits per heavy atom. The molecule has 0 radical (unpaired) electrons. The van der Waals surface area contributed by atoms with E-state index in [1.165, 1.54) is 0 Å². The molecule has 0 aromatic carbocycles. The third-order valence-corrected chi connectivity index (χ3v) is 3.47. The molecule has 1 atom stereocenters. The molecule has 3 N–H and O–H groups in total. The number of urea groups is 1. The molecule has 6 heteroatoms. The minimum absolute atomic E-state index is 0.00532. The molecule has 1 aliphatic carbocycles. The highest BCUT2D eigenvalue weighted by Gasteiger charge is 2.48. The largest absolute Gasteiger partial charge is 0.480 e. The second-order valence-electron chi connectivity index (χ2n) is 5.00. The first-order chi connectivity index (χ1) is 8.93. The number of rotatable bonds is 4. The zero-order chi connectivity index (χ0) is 14.0. The van der Waals surface area contributed by atoms with E-state index in [1.54, 1.807) is 32.2 Å². The van der Waals surface area contributed by atoms with Gasteiger partial charge in [-0.15, -0.1) is 0 Å². The van der Waals surface area contributed by atoms with Gasteiger partial charge < -0.3 is 15.7 Å². The van der Waals surface area contributed by atoms with Crippen LogP contribution in [0.1, 0.15) is 25.5 Å². The number of hydrogen-bond donors (Lipinski definition) is 3. The van der Waals surface area contributed by atoms with Gasteiger partial charge in [0.15, 0.2) is 0 Å². The number of aryl methyl sites for hydroxylation is 1. The average molecular weight is 263 g/mol. The summed E-state index contributed by atoms with van der Waals surface area (Å²) in [4.78, 5) is 27.3. The number of aliphatic carboxylic acids is 1. The third kappa shape index (κ3) is 2.83. The van der Waals surface area contributed by atoms with E-state index < -0.39 is 17.5 Å². The fourth-order valence-electron chi connectivity index (χ4n) is 2.00. The zero-order valence-electron chi connectivity index (χ0n) is 10.9. The number of anilines is 1. The number of pyridine rings is 1. The maximum absolute atomic E-state index is 11.9. The predicted molar refractivity (Wildman–Crippen MR) is 69.9 cm³/mol. The van der Waals surface area contributed by atoms with Crippen molar-refractivity contribution in [3.05, 3.63) is 24.0 Å². The van der Waals surface area contributed by atoms with Crippen LogP contribution < -0.4 is 10.6 Å². The molecular weight excluding hydrogens is 246 g/mol. The highest BCUT2D eigenvalue weighted by molar-refractivity contribution is 5.94. The number of carboxylic acids is 1. The fraction of sp³-hybridized carbons (Fsp3) is 0.462. The van der Waals surface area contributed by atoms with E-state index >= 15 is 0 Å². The summed E-state index contributed by atoms with van der Waals surface area (Å²) in [6, 6.07) is 2.91. The molecule has 1 heterocycles. The van der Waals surface area contributed by atoms with Crippen molar-refractivity contribution in [1.29, 1.82) is 0 Å². The van der Waals surface area contributed by atoms with Crippen molar-refractivity contribution in [3.63, 3.8) is 0 Å². The Morgan fingerprint density at radius 2 is 2.16 bits per heavy atom. The molecule has 0 saturated heterocycles. The first kappa shape index (κ1) is 13.3. The molecular formula is C13H17N3O3. The van der Waals surface area contributed by atoms with Crippen LogP contribution in [0.15, 0.2) is 18.3 Å². The Labute approximate surface area is 111 Å². The molecule has 0 bridgehead atoms. The Bertz CT molecular complexity index is 514. The SMILES string of the molecule is Cc1ncccc1NC(=O)NC(C)(C(=O)O)C1CC1. The Kier molecular flexibility index (Phi) is 3.42. The summed E-state index contributed by atoms with van der Waals surface area (Å²) in [6.45, 7) is 3.32. The summed E-state index contributed by atoms with van der Waals surface area (Å²) < 4.78 is 0. The zero-order valence-corrected chi connectivity index (χ0v) is 10.9. The molecule has 1 unspecified atom stereocenters. The first-order valence-corrected chi connectivity index (χ1v) is 6.17. The summed E-state index contributed by atoms with van der Waals surface area (Å²) in [6.07, 6.45) is 3.29. The van der Waals surface area contributed by atoms with E-state index in [4.69, 9.17) is 0 Å². The van der Waals surface area contributed by atoms with E-state index in [-0.39, 0.29) is 5.92 Å². The summed E-state index contributed by atoms with van der Waals surface area (Å²) in [7, 11) is 0. The van der Waals surface area contributed by atoms with Gasteiger partial charge in [-0.1, -0.05) is 0 Å². The van der Waals surface area contributed by atoms with Crippen molar-refractivity contribution >= 4 is 17.7 Å².